The zero-order valence-corrected chi connectivity index (χ0v) is 18.2. The maximum Gasteiger partial charge on any atom is 0.140 e. The Morgan fingerprint density at radius 3 is 2.42 bits per heavy atom. The van der Waals surface area contributed by atoms with Crippen LogP contribution in [-0.4, -0.2) is 37.7 Å². The molecule has 0 bridgehead atoms. The van der Waals surface area contributed by atoms with Crippen molar-refractivity contribution in [3.8, 4) is 11.5 Å². The quantitative estimate of drug-likeness (QED) is 0.501. The molecule has 2 N–H and O–H groups in total. The van der Waals surface area contributed by atoms with E-state index in [1.807, 2.05) is 54.6 Å². The van der Waals surface area contributed by atoms with Crippen LogP contribution in [0.15, 0.2) is 73.3 Å². The molecule has 1 fully saturated rings. The van der Waals surface area contributed by atoms with Gasteiger partial charge >= 0.3 is 0 Å². The minimum Gasteiger partial charge on any atom is -0.457 e. The van der Waals surface area contributed by atoms with Gasteiger partial charge in [-0.15, -0.1) is 0 Å². The summed E-state index contributed by atoms with van der Waals surface area (Å²) in [7, 11) is 0. The molecule has 5 nitrogen and oxygen atoms in total. The Morgan fingerprint density at radius 2 is 1.71 bits per heavy atom. The van der Waals surface area contributed by atoms with Gasteiger partial charge in [-0.1, -0.05) is 48.5 Å². The van der Waals surface area contributed by atoms with Crippen LogP contribution in [0.5, 0.6) is 11.5 Å². The monoisotopic (exact) mass is 434 g/mol. The van der Waals surface area contributed by atoms with E-state index < -0.39 is 0 Å². The molecule has 2 heterocycles. The number of benzene rings is 2. The number of ether oxygens (including phenoxy) is 1. The van der Waals surface area contributed by atoms with Gasteiger partial charge in [0, 0.05) is 44.0 Å². The summed E-state index contributed by atoms with van der Waals surface area (Å²) in [5.74, 6) is 2.58. The number of halogens is 1. The van der Waals surface area contributed by atoms with E-state index in [0.29, 0.717) is 5.15 Å². The molecule has 3 aromatic rings. The molecular weight excluding hydrogens is 408 g/mol. The van der Waals surface area contributed by atoms with Crippen LogP contribution in [0, 0.1) is 0 Å². The van der Waals surface area contributed by atoms with Crippen LogP contribution in [0.1, 0.15) is 11.1 Å². The van der Waals surface area contributed by atoms with Crippen molar-refractivity contribution in [3.05, 3.63) is 89.6 Å². The lowest BCUT2D eigenvalue weighted by molar-refractivity contribution is 0.482. The summed E-state index contributed by atoms with van der Waals surface area (Å²) in [6.45, 7) is 8.72. The number of hydrogen-bond acceptors (Lipinski definition) is 5. The van der Waals surface area contributed by atoms with E-state index >= 15 is 0 Å². The first-order chi connectivity index (χ1) is 15.2. The van der Waals surface area contributed by atoms with Gasteiger partial charge in [0.05, 0.1) is 0 Å². The lowest BCUT2D eigenvalue weighted by Gasteiger charge is -2.28. The Labute approximate surface area is 188 Å². The fraction of sp³-hybridized carbons (Fsp3) is 0.240. The molecule has 1 aliphatic heterocycles. The Balaban J connectivity index is 1.28. The maximum atomic E-state index is 6.46. The molecule has 0 radical (unpaired) electrons. The van der Waals surface area contributed by atoms with Crippen molar-refractivity contribution in [3.63, 3.8) is 0 Å². The summed E-state index contributed by atoms with van der Waals surface area (Å²) in [5, 5.41) is 7.20. The lowest BCUT2D eigenvalue weighted by Crippen LogP contribution is -2.43. The molecule has 4 rings (SSSR count). The maximum absolute atomic E-state index is 6.46. The van der Waals surface area contributed by atoms with Crippen LogP contribution in [0.4, 0.5) is 5.82 Å². The first-order valence-electron chi connectivity index (χ1n) is 10.6. The van der Waals surface area contributed by atoms with Gasteiger partial charge in [0.15, 0.2) is 0 Å². The fourth-order valence-corrected chi connectivity index (χ4v) is 3.79. The smallest absolute Gasteiger partial charge is 0.140 e. The van der Waals surface area contributed by atoms with Crippen molar-refractivity contribution >= 4 is 23.1 Å². The standard InChI is InChI=1S/C25H27ClN4O/c1-19(23-11-12-24(29-25(23)26)30-17-15-27-16-18-30)28-14-13-20-7-9-22(10-8-20)31-21-5-3-2-4-6-21/h2-12,27-28H,1,13-18H2. The molecule has 0 saturated carbocycles. The Hall–Kier alpha value is -3.02. The molecule has 6 heteroatoms. The summed E-state index contributed by atoms with van der Waals surface area (Å²) in [4.78, 5) is 6.82. The van der Waals surface area contributed by atoms with Crippen molar-refractivity contribution < 1.29 is 4.74 Å². The van der Waals surface area contributed by atoms with E-state index in [4.69, 9.17) is 16.3 Å². The topological polar surface area (TPSA) is 49.4 Å². The van der Waals surface area contributed by atoms with E-state index in [2.05, 4.69) is 39.2 Å². The van der Waals surface area contributed by atoms with E-state index in [9.17, 15) is 0 Å². The lowest BCUT2D eigenvalue weighted by atomic mass is 10.1. The predicted octanol–water partition coefficient (Wildman–Crippen LogP) is 4.74. The molecule has 31 heavy (non-hydrogen) atoms. The zero-order valence-electron chi connectivity index (χ0n) is 17.5. The molecule has 160 valence electrons. The first-order valence-corrected chi connectivity index (χ1v) is 10.9. The van der Waals surface area contributed by atoms with Crippen LogP contribution in [-0.2, 0) is 6.42 Å². The van der Waals surface area contributed by atoms with Crippen LogP contribution < -0.4 is 20.3 Å². The van der Waals surface area contributed by atoms with Gasteiger partial charge in [0.25, 0.3) is 0 Å². The van der Waals surface area contributed by atoms with Gasteiger partial charge in [-0.05, 0) is 48.4 Å². The first kappa shape index (κ1) is 21.2. The number of pyridine rings is 1. The highest BCUT2D eigenvalue weighted by molar-refractivity contribution is 6.31. The Morgan fingerprint density at radius 1 is 1.00 bits per heavy atom. The summed E-state index contributed by atoms with van der Waals surface area (Å²) in [6.07, 6.45) is 0.870. The number of hydrogen-bond donors (Lipinski definition) is 2. The third kappa shape index (κ3) is 5.78. The highest BCUT2D eigenvalue weighted by atomic mass is 35.5. The molecule has 0 spiro atoms. The highest BCUT2D eigenvalue weighted by Crippen LogP contribution is 2.24. The zero-order chi connectivity index (χ0) is 21.5. The number of piperazine rings is 1. The van der Waals surface area contributed by atoms with Gasteiger partial charge in [0.1, 0.15) is 22.5 Å². The van der Waals surface area contributed by atoms with Crippen molar-refractivity contribution in [1.29, 1.82) is 0 Å². The molecule has 0 aliphatic carbocycles. The summed E-state index contributed by atoms with van der Waals surface area (Å²) >= 11 is 6.46. The number of para-hydroxylation sites is 1. The van der Waals surface area contributed by atoms with Gasteiger partial charge in [-0.25, -0.2) is 4.98 Å². The van der Waals surface area contributed by atoms with Crippen molar-refractivity contribution in [2.24, 2.45) is 0 Å². The third-order valence-electron chi connectivity index (χ3n) is 5.25. The molecule has 1 saturated heterocycles. The minimum atomic E-state index is 0.482. The number of nitrogens with zero attached hydrogens (tertiary/aromatic N) is 2. The number of aromatic nitrogens is 1. The summed E-state index contributed by atoms with van der Waals surface area (Å²) < 4.78 is 5.84. The summed E-state index contributed by atoms with van der Waals surface area (Å²) in [5.41, 5.74) is 2.85. The molecule has 0 unspecified atom stereocenters. The largest absolute Gasteiger partial charge is 0.457 e. The van der Waals surface area contributed by atoms with Gasteiger partial charge < -0.3 is 20.3 Å². The van der Waals surface area contributed by atoms with Crippen molar-refractivity contribution in [2.45, 2.75) is 6.42 Å². The number of nitrogens with one attached hydrogen (secondary N) is 2. The second-order valence-electron chi connectivity index (χ2n) is 7.46. The predicted molar refractivity (Wildman–Crippen MR) is 128 cm³/mol. The second kappa shape index (κ2) is 10.3. The average Bonchev–Trinajstić information content (AvgIpc) is 2.81. The number of rotatable bonds is 8. The summed E-state index contributed by atoms with van der Waals surface area (Å²) in [6, 6.07) is 22.0. The van der Waals surface area contributed by atoms with Gasteiger partial charge in [-0.3, -0.25) is 0 Å². The van der Waals surface area contributed by atoms with E-state index in [1.165, 1.54) is 5.56 Å². The highest BCUT2D eigenvalue weighted by Gasteiger charge is 2.14. The van der Waals surface area contributed by atoms with Crippen molar-refractivity contribution in [1.82, 2.24) is 15.6 Å². The average molecular weight is 435 g/mol. The fourth-order valence-electron chi connectivity index (χ4n) is 3.52. The van der Waals surface area contributed by atoms with Crippen LogP contribution in [0.2, 0.25) is 5.15 Å². The third-order valence-corrected chi connectivity index (χ3v) is 5.54. The second-order valence-corrected chi connectivity index (χ2v) is 7.82. The molecule has 0 atom stereocenters. The van der Waals surface area contributed by atoms with Crippen LogP contribution in [0.3, 0.4) is 0 Å². The van der Waals surface area contributed by atoms with Gasteiger partial charge in [0.2, 0.25) is 0 Å². The minimum absolute atomic E-state index is 0.482. The Kier molecular flexibility index (Phi) is 7.07. The number of anilines is 1. The molecule has 1 aliphatic rings. The molecule has 2 aromatic carbocycles. The van der Waals surface area contributed by atoms with Crippen LogP contribution in [0.25, 0.3) is 5.70 Å². The van der Waals surface area contributed by atoms with Gasteiger partial charge in [-0.2, -0.15) is 0 Å². The van der Waals surface area contributed by atoms with E-state index in [0.717, 1.165) is 67.7 Å². The Bertz CT molecular complexity index is 1000. The molecular formula is C25H27ClN4O. The SMILES string of the molecule is C=C(NCCc1ccc(Oc2ccccc2)cc1)c1ccc(N2CCNCC2)nc1Cl. The van der Waals surface area contributed by atoms with E-state index in [1.54, 1.807) is 0 Å². The molecule has 1 aromatic heterocycles. The van der Waals surface area contributed by atoms with Crippen LogP contribution >= 0.6 is 11.6 Å². The van der Waals surface area contributed by atoms with Crippen molar-refractivity contribution in [2.75, 3.05) is 37.6 Å². The van der Waals surface area contributed by atoms with E-state index in [-0.39, 0.29) is 0 Å². The molecule has 0 amide bonds. The normalized spacial score (nSPS) is 13.6.